The van der Waals surface area contributed by atoms with Gasteiger partial charge in [-0.3, -0.25) is 0 Å². The summed E-state index contributed by atoms with van der Waals surface area (Å²) in [4.78, 5) is 5.23. The third-order valence-electron chi connectivity index (χ3n) is 2.82. The summed E-state index contributed by atoms with van der Waals surface area (Å²) < 4.78 is 32.6. The molecule has 6 nitrogen and oxygen atoms in total. The maximum Gasteiger partial charge on any atom is 0.244 e. The number of ether oxygens (including phenoxy) is 1. The third kappa shape index (κ3) is 3.52. The van der Waals surface area contributed by atoms with Gasteiger partial charge in [0.1, 0.15) is 15.7 Å². The number of benzene rings is 1. The molecule has 0 fully saturated rings. The Kier molecular flexibility index (Phi) is 4.50. The summed E-state index contributed by atoms with van der Waals surface area (Å²) in [7, 11) is -2.34. The average Bonchev–Trinajstić information content (AvgIpc) is 2.85. The number of sulfonamides is 1. The largest absolute Gasteiger partial charge is 0.495 e. The first-order valence-corrected chi connectivity index (χ1v) is 8.51. The van der Waals surface area contributed by atoms with E-state index >= 15 is 0 Å². The second-order valence-corrected chi connectivity index (χ2v) is 7.51. The fourth-order valence-corrected chi connectivity index (χ4v) is 4.08. The van der Waals surface area contributed by atoms with Crippen LogP contribution in [0.3, 0.4) is 0 Å². The van der Waals surface area contributed by atoms with E-state index in [4.69, 9.17) is 10.5 Å². The molecular weight excluding hydrogens is 310 g/mol. The number of nitrogen functional groups attached to an aromatic ring is 1. The van der Waals surface area contributed by atoms with Gasteiger partial charge in [-0.25, -0.2) is 18.1 Å². The summed E-state index contributed by atoms with van der Waals surface area (Å²) in [6.07, 6.45) is 1.71. The normalized spacial score (nSPS) is 13.1. The Balaban J connectivity index is 2.32. The number of anilines is 1. The van der Waals surface area contributed by atoms with Crippen LogP contribution in [0, 0.1) is 6.92 Å². The number of aryl methyl sites for hydroxylation is 1. The number of thiazole rings is 1. The van der Waals surface area contributed by atoms with Crippen molar-refractivity contribution in [1.82, 2.24) is 9.71 Å². The van der Waals surface area contributed by atoms with Crippen LogP contribution in [-0.4, -0.2) is 20.5 Å². The van der Waals surface area contributed by atoms with E-state index in [0.717, 1.165) is 4.88 Å². The number of methoxy groups -OCH3 is 1. The van der Waals surface area contributed by atoms with Gasteiger partial charge in [-0.2, -0.15) is 0 Å². The third-order valence-corrected chi connectivity index (χ3v) is 5.48. The number of nitrogens with one attached hydrogen (secondary N) is 1. The molecule has 1 atom stereocenters. The molecule has 0 radical (unpaired) electrons. The number of hydrogen-bond donors (Lipinski definition) is 2. The zero-order valence-corrected chi connectivity index (χ0v) is 13.6. The van der Waals surface area contributed by atoms with Crippen molar-refractivity contribution < 1.29 is 13.2 Å². The molecule has 0 amide bonds. The quantitative estimate of drug-likeness (QED) is 0.820. The van der Waals surface area contributed by atoms with Crippen molar-refractivity contribution in [2.24, 2.45) is 0 Å². The molecule has 1 aromatic heterocycles. The highest BCUT2D eigenvalue weighted by molar-refractivity contribution is 7.89. The van der Waals surface area contributed by atoms with E-state index in [1.54, 1.807) is 19.2 Å². The van der Waals surface area contributed by atoms with Gasteiger partial charge in [0, 0.05) is 16.8 Å². The van der Waals surface area contributed by atoms with Crippen molar-refractivity contribution in [1.29, 1.82) is 0 Å². The van der Waals surface area contributed by atoms with Crippen LogP contribution in [-0.2, 0) is 10.0 Å². The number of rotatable bonds is 5. The van der Waals surface area contributed by atoms with E-state index in [9.17, 15) is 8.42 Å². The molecule has 0 aliphatic carbocycles. The molecule has 0 aliphatic heterocycles. The molecule has 0 saturated heterocycles. The molecule has 1 heterocycles. The Hall–Kier alpha value is -1.64. The standard InChI is InChI=1S/C13H17N3O3S2/c1-8-7-15-13(20-8)9(2)16-21(17,18)12-6-10(14)4-5-11(12)19-3/h4-7,9,16H,14H2,1-3H3. The van der Waals surface area contributed by atoms with Crippen molar-refractivity contribution in [2.45, 2.75) is 24.8 Å². The summed E-state index contributed by atoms with van der Waals surface area (Å²) in [6, 6.07) is 4.06. The molecule has 2 aromatic rings. The van der Waals surface area contributed by atoms with Gasteiger partial charge in [0.15, 0.2) is 0 Å². The summed E-state index contributed by atoms with van der Waals surface area (Å²) in [5.74, 6) is 0.249. The molecule has 0 bridgehead atoms. The van der Waals surface area contributed by atoms with Crippen LogP contribution in [0.1, 0.15) is 22.9 Å². The van der Waals surface area contributed by atoms with Gasteiger partial charge in [0.25, 0.3) is 0 Å². The predicted octanol–water partition coefficient (Wildman–Crippen LogP) is 2.08. The molecule has 114 valence electrons. The van der Waals surface area contributed by atoms with E-state index in [1.807, 2.05) is 6.92 Å². The molecule has 0 spiro atoms. The molecule has 3 N–H and O–H groups in total. The van der Waals surface area contributed by atoms with Crippen LogP contribution < -0.4 is 15.2 Å². The van der Waals surface area contributed by atoms with Crippen LogP contribution in [0.2, 0.25) is 0 Å². The smallest absolute Gasteiger partial charge is 0.244 e. The molecule has 8 heteroatoms. The van der Waals surface area contributed by atoms with Crippen LogP contribution in [0.5, 0.6) is 5.75 Å². The van der Waals surface area contributed by atoms with Gasteiger partial charge < -0.3 is 10.5 Å². The summed E-state index contributed by atoms with van der Waals surface area (Å²) in [5, 5.41) is 0.707. The van der Waals surface area contributed by atoms with Crippen molar-refractivity contribution in [3.8, 4) is 5.75 Å². The van der Waals surface area contributed by atoms with Crippen LogP contribution in [0.25, 0.3) is 0 Å². The Morgan fingerprint density at radius 3 is 2.71 bits per heavy atom. The SMILES string of the molecule is COc1ccc(N)cc1S(=O)(=O)NC(C)c1ncc(C)s1. The highest BCUT2D eigenvalue weighted by Crippen LogP contribution is 2.28. The van der Waals surface area contributed by atoms with Crippen LogP contribution in [0.15, 0.2) is 29.3 Å². The van der Waals surface area contributed by atoms with Crippen molar-refractivity contribution in [2.75, 3.05) is 12.8 Å². The molecule has 1 aromatic carbocycles. The maximum atomic E-state index is 12.5. The highest BCUT2D eigenvalue weighted by atomic mass is 32.2. The summed E-state index contributed by atoms with van der Waals surface area (Å²) in [5.41, 5.74) is 6.02. The first-order valence-electron chi connectivity index (χ1n) is 6.21. The average molecular weight is 327 g/mol. The van der Waals surface area contributed by atoms with Crippen LogP contribution >= 0.6 is 11.3 Å². The first kappa shape index (κ1) is 15.7. The lowest BCUT2D eigenvalue weighted by atomic mass is 10.3. The fraction of sp³-hybridized carbons (Fsp3) is 0.308. The second-order valence-electron chi connectivity index (χ2n) is 4.56. The minimum Gasteiger partial charge on any atom is -0.495 e. The summed E-state index contributed by atoms with van der Waals surface area (Å²) in [6.45, 7) is 3.66. The Labute approximate surface area is 128 Å². The minimum atomic E-state index is -3.75. The lowest BCUT2D eigenvalue weighted by molar-refractivity contribution is 0.402. The van der Waals surface area contributed by atoms with Gasteiger partial charge in [-0.15, -0.1) is 11.3 Å². The second kappa shape index (κ2) is 6.00. The van der Waals surface area contributed by atoms with E-state index in [1.165, 1.54) is 30.6 Å². The van der Waals surface area contributed by atoms with Gasteiger partial charge in [-0.1, -0.05) is 0 Å². The van der Waals surface area contributed by atoms with Crippen molar-refractivity contribution in [3.63, 3.8) is 0 Å². The van der Waals surface area contributed by atoms with E-state index in [-0.39, 0.29) is 10.6 Å². The van der Waals surface area contributed by atoms with Gasteiger partial charge >= 0.3 is 0 Å². The van der Waals surface area contributed by atoms with Crippen molar-refractivity contribution >= 4 is 27.0 Å². The van der Waals surface area contributed by atoms with Gasteiger partial charge in [0.2, 0.25) is 10.0 Å². The molecule has 21 heavy (non-hydrogen) atoms. The Morgan fingerprint density at radius 1 is 1.43 bits per heavy atom. The van der Waals surface area contributed by atoms with E-state index in [2.05, 4.69) is 9.71 Å². The maximum absolute atomic E-state index is 12.5. The topological polar surface area (TPSA) is 94.3 Å². The highest BCUT2D eigenvalue weighted by Gasteiger charge is 2.23. The lowest BCUT2D eigenvalue weighted by Crippen LogP contribution is -2.27. The monoisotopic (exact) mass is 327 g/mol. The zero-order chi connectivity index (χ0) is 15.6. The molecular formula is C13H17N3O3S2. The number of hydrogen-bond acceptors (Lipinski definition) is 6. The van der Waals surface area contributed by atoms with E-state index < -0.39 is 16.1 Å². The first-order chi connectivity index (χ1) is 9.83. The van der Waals surface area contributed by atoms with Crippen LogP contribution in [0.4, 0.5) is 5.69 Å². The van der Waals surface area contributed by atoms with E-state index in [0.29, 0.717) is 10.7 Å². The predicted molar refractivity (Wildman–Crippen MR) is 83.0 cm³/mol. The van der Waals surface area contributed by atoms with Crippen molar-refractivity contribution in [3.05, 3.63) is 34.3 Å². The Morgan fingerprint density at radius 2 is 2.14 bits per heavy atom. The number of aromatic nitrogens is 1. The number of nitrogens with zero attached hydrogens (tertiary/aromatic N) is 1. The van der Waals surface area contributed by atoms with Gasteiger partial charge in [-0.05, 0) is 32.0 Å². The van der Waals surface area contributed by atoms with Gasteiger partial charge in [0.05, 0.1) is 13.2 Å². The molecule has 0 saturated carbocycles. The Bertz CT molecular complexity index is 741. The number of nitrogens with two attached hydrogens (primary N) is 1. The fourth-order valence-electron chi connectivity index (χ4n) is 1.82. The minimum absolute atomic E-state index is 0.0186. The zero-order valence-electron chi connectivity index (χ0n) is 12.0. The molecule has 2 rings (SSSR count). The summed E-state index contributed by atoms with van der Waals surface area (Å²) >= 11 is 1.45. The molecule has 0 aliphatic rings. The molecule has 1 unspecified atom stereocenters. The lowest BCUT2D eigenvalue weighted by Gasteiger charge is -2.14.